The van der Waals surface area contributed by atoms with Gasteiger partial charge < -0.3 is 20.1 Å². The minimum Gasteiger partial charge on any atom is -0.394 e. The highest BCUT2D eigenvalue weighted by Crippen LogP contribution is 2.21. The van der Waals surface area contributed by atoms with Crippen molar-refractivity contribution in [3.8, 4) is 0 Å². The van der Waals surface area contributed by atoms with Crippen LogP contribution in [0.15, 0.2) is 54.6 Å². The van der Waals surface area contributed by atoms with Crippen molar-refractivity contribution in [3.05, 3.63) is 71.6 Å². The van der Waals surface area contributed by atoms with Gasteiger partial charge in [-0.1, -0.05) is 24.3 Å². The second-order valence-electron chi connectivity index (χ2n) is 6.33. The Kier molecular flexibility index (Phi) is 6.57. The number of benzene rings is 2. The third-order valence-corrected chi connectivity index (χ3v) is 4.42. The number of carbonyl (C=O) groups is 1. The molecule has 1 aliphatic rings. The van der Waals surface area contributed by atoms with E-state index < -0.39 is 6.04 Å². The van der Waals surface area contributed by atoms with Crippen LogP contribution in [-0.4, -0.2) is 43.9 Å². The second-order valence-corrected chi connectivity index (χ2v) is 6.33. The van der Waals surface area contributed by atoms with E-state index in [9.17, 15) is 14.3 Å². The summed E-state index contributed by atoms with van der Waals surface area (Å²) in [7, 11) is 0. The van der Waals surface area contributed by atoms with Gasteiger partial charge in [0.25, 0.3) is 0 Å². The fourth-order valence-electron chi connectivity index (χ4n) is 3.00. The SMILES string of the molecule is O=C(C=Cc1cccc(F)c1)N[C@@H](CO)c1cccc(N2CCOCC2)c1. The lowest BCUT2D eigenvalue weighted by Crippen LogP contribution is -2.36. The number of aliphatic hydroxyl groups excluding tert-OH is 1. The topological polar surface area (TPSA) is 61.8 Å². The maximum atomic E-state index is 13.2. The molecule has 1 aliphatic heterocycles. The predicted octanol–water partition coefficient (Wildman–Crippen LogP) is 2.53. The van der Waals surface area contributed by atoms with E-state index in [0.717, 1.165) is 24.3 Å². The van der Waals surface area contributed by atoms with E-state index in [4.69, 9.17) is 4.74 Å². The van der Waals surface area contributed by atoms with Crippen LogP contribution in [0.4, 0.5) is 10.1 Å². The molecule has 1 fully saturated rings. The minimum absolute atomic E-state index is 0.216. The molecule has 6 heteroatoms. The Labute approximate surface area is 158 Å². The number of hydrogen-bond donors (Lipinski definition) is 2. The molecule has 1 heterocycles. The van der Waals surface area contributed by atoms with Gasteiger partial charge in [0.2, 0.25) is 5.91 Å². The summed E-state index contributed by atoms with van der Waals surface area (Å²) in [6.45, 7) is 2.79. The highest BCUT2D eigenvalue weighted by molar-refractivity contribution is 5.92. The number of carbonyl (C=O) groups excluding carboxylic acids is 1. The van der Waals surface area contributed by atoms with Crippen molar-refractivity contribution < 1.29 is 19.0 Å². The van der Waals surface area contributed by atoms with Gasteiger partial charge in [-0.2, -0.15) is 0 Å². The van der Waals surface area contributed by atoms with Crippen LogP contribution in [0.25, 0.3) is 6.08 Å². The minimum atomic E-state index is -0.518. The molecule has 2 aromatic rings. The predicted molar refractivity (Wildman–Crippen MR) is 103 cm³/mol. The van der Waals surface area contributed by atoms with Crippen molar-refractivity contribution in [1.29, 1.82) is 0 Å². The Morgan fingerprint density at radius 2 is 2.00 bits per heavy atom. The maximum Gasteiger partial charge on any atom is 0.244 e. The van der Waals surface area contributed by atoms with Crippen molar-refractivity contribution in [2.75, 3.05) is 37.8 Å². The largest absolute Gasteiger partial charge is 0.394 e. The van der Waals surface area contributed by atoms with Crippen LogP contribution in [-0.2, 0) is 9.53 Å². The number of halogens is 1. The Bertz CT molecular complexity index is 804. The Balaban J connectivity index is 1.66. The molecular weight excluding hydrogens is 347 g/mol. The Hall–Kier alpha value is -2.70. The maximum absolute atomic E-state index is 13.2. The molecule has 1 amide bonds. The molecule has 0 bridgehead atoms. The van der Waals surface area contributed by atoms with Crippen molar-refractivity contribution >= 4 is 17.7 Å². The average Bonchev–Trinajstić information content (AvgIpc) is 2.71. The number of nitrogens with zero attached hydrogens (tertiary/aromatic N) is 1. The van der Waals surface area contributed by atoms with Crippen LogP contribution in [0.2, 0.25) is 0 Å². The van der Waals surface area contributed by atoms with Crippen molar-refractivity contribution in [3.63, 3.8) is 0 Å². The van der Waals surface area contributed by atoms with Crippen molar-refractivity contribution in [2.45, 2.75) is 6.04 Å². The van der Waals surface area contributed by atoms with E-state index >= 15 is 0 Å². The number of morpholine rings is 1. The van der Waals surface area contributed by atoms with Gasteiger partial charge in [0, 0.05) is 24.9 Å². The van der Waals surface area contributed by atoms with E-state index in [1.165, 1.54) is 24.3 Å². The number of amides is 1. The van der Waals surface area contributed by atoms with E-state index in [1.54, 1.807) is 12.1 Å². The molecule has 2 N–H and O–H groups in total. The summed E-state index contributed by atoms with van der Waals surface area (Å²) in [6, 6.07) is 13.2. The van der Waals surface area contributed by atoms with E-state index in [0.29, 0.717) is 18.8 Å². The van der Waals surface area contributed by atoms with Gasteiger partial charge in [-0.25, -0.2) is 4.39 Å². The Morgan fingerprint density at radius 3 is 2.74 bits per heavy atom. The number of nitrogens with one attached hydrogen (secondary N) is 1. The standard InChI is InChI=1S/C21H23FN2O3/c22-18-5-1-3-16(13-18)7-8-21(26)23-20(15-25)17-4-2-6-19(14-17)24-9-11-27-12-10-24/h1-8,13-14,20,25H,9-12,15H2,(H,23,26)/t20-/m0/s1. The van der Waals surface area contributed by atoms with Crippen LogP contribution in [0.1, 0.15) is 17.2 Å². The van der Waals surface area contributed by atoms with Gasteiger partial charge in [0.15, 0.2) is 0 Å². The van der Waals surface area contributed by atoms with Gasteiger partial charge in [0.05, 0.1) is 25.9 Å². The third-order valence-electron chi connectivity index (χ3n) is 4.42. The first kappa shape index (κ1) is 19.1. The summed E-state index contributed by atoms with van der Waals surface area (Å²) in [4.78, 5) is 14.4. The molecule has 0 saturated carbocycles. The summed E-state index contributed by atoms with van der Waals surface area (Å²) in [5.74, 6) is -0.708. The molecule has 142 valence electrons. The molecule has 3 rings (SSSR count). The fourth-order valence-corrected chi connectivity index (χ4v) is 3.00. The normalized spacial score (nSPS) is 15.7. The van der Waals surface area contributed by atoms with Crippen molar-refractivity contribution in [2.24, 2.45) is 0 Å². The first-order valence-electron chi connectivity index (χ1n) is 8.93. The summed E-state index contributed by atoms with van der Waals surface area (Å²) < 4.78 is 18.6. The smallest absolute Gasteiger partial charge is 0.244 e. The molecule has 27 heavy (non-hydrogen) atoms. The summed E-state index contributed by atoms with van der Waals surface area (Å²) >= 11 is 0. The lowest BCUT2D eigenvalue weighted by atomic mass is 10.1. The number of hydrogen-bond acceptors (Lipinski definition) is 4. The second kappa shape index (κ2) is 9.30. The first-order chi connectivity index (χ1) is 13.2. The molecule has 1 saturated heterocycles. The van der Waals surface area contributed by atoms with E-state index in [2.05, 4.69) is 10.2 Å². The Morgan fingerprint density at radius 1 is 1.22 bits per heavy atom. The number of aliphatic hydroxyl groups is 1. The van der Waals surface area contributed by atoms with Gasteiger partial charge in [-0.05, 0) is 41.5 Å². The van der Waals surface area contributed by atoms with Gasteiger partial charge in [0.1, 0.15) is 5.82 Å². The van der Waals surface area contributed by atoms with Gasteiger partial charge in [-0.15, -0.1) is 0 Å². The summed E-state index contributed by atoms with van der Waals surface area (Å²) in [6.07, 6.45) is 2.88. The lowest BCUT2D eigenvalue weighted by molar-refractivity contribution is -0.117. The number of ether oxygens (including phenoxy) is 1. The average molecular weight is 370 g/mol. The molecule has 0 aliphatic carbocycles. The monoisotopic (exact) mass is 370 g/mol. The molecule has 5 nitrogen and oxygen atoms in total. The summed E-state index contributed by atoms with van der Waals surface area (Å²) in [5, 5.41) is 12.5. The molecular formula is C21H23FN2O3. The zero-order valence-electron chi connectivity index (χ0n) is 15.0. The molecule has 1 atom stereocenters. The molecule has 0 aromatic heterocycles. The van der Waals surface area contributed by atoms with E-state index in [-0.39, 0.29) is 18.3 Å². The highest BCUT2D eigenvalue weighted by Gasteiger charge is 2.16. The molecule has 2 aromatic carbocycles. The highest BCUT2D eigenvalue weighted by atomic mass is 19.1. The van der Waals surface area contributed by atoms with Gasteiger partial charge >= 0.3 is 0 Å². The third kappa shape index (κ3) is 5.39. The molecule has 0 unspecified atom stereocenters. The van der Waals surface area contributed by atoms with Gasteiger partial charge in [-0.3, -0.25) is 4.79 Å². The van der Waals surface area contributed by atoms with Crippen LogP contribution in [0.5, 0.6) is 0 Å². The number of anilines is 1. The summed E-state index contributed by atoms with van der Waals surface area (Å²) in [5.41, 5.74) is 2.47. The zero-order chi connectivity index (χ0) is 19.1. The van der Waals surface area contributed by atoms with Crippen LogP contribution in [0, 0.1) is 5.82 Å². The fraction of sp³-hybridized carbons (Fsp3) is 0.286. The molecule has 0 spiro atoms. The zero-order valence-corrected chi connectivity index (χ0v) is 15.0. The van der Waals surface area contributed by atoms with Crippen LogP contribution >= 0.6 is 0 Å². The molecule has 0 radical (unpaired) electrons. The van der Waals surface area contributed by atoms with E-state index in [1.807, 2.05) is 24.3 Å². The quantitative estimate of drug-likeness (QED) is 0.767. The van der Waals surface area contributed by atoms with Crippen molar-refractivity contribution in [1.82, 2.24) is 5.32 Å². The van der Waals surface area contributed by atoms with Crippen LogP contribution in [0.3, 0.4) is 0 Å². The lowest BCUT2D eigenvalue weighted by Gasteiger charge is -2.29. The first-order valence-corrected chi connectivity index (χ1v) is 8.93. The van der Waals surface area contributed by atoms with Crippen LogP contribution < -0.4 is 10.2 Å². The number of rotatable bonds is 6.